The lowest BCUT2D eigenvalue weighted by Gasteiger charge is -2.24. The highest BCUT2D eigenvalue weighted by Crippen LogP contribution is 2.30. The molecule has 0 bridgehead atoms. The molecule has 0 spiro atoms. The highest BCUT2D eigenvalue weighted by molar-refractivity contribution is 7.07. The number of rotatable bonds is 6. The molecule has 0 saturated carbocycles. The number of benzene rings is 2. The van der Waals surface area contributed by atoms with E-state index in [-0.39, 0.29) is 23.5 Å². The van der Waals surface area contributed by atoms with Gasteiger partial charge in [-0.1, -0.05) is 41.7 Å². The lowest BCUT2D eigenvalue weighted by Crippen LogP contribution is -2.39. The molecule has 1 atom stereocenters. The molecule has 0 fully saturated rings. The number of fused-ring (bicyclic) bond motifs is 1. The first-order chi connectivity index (χ1) is 17.9. The number of carbonyl (C=O) groups excluding carboxylic acids is 1. The van der Waals surface area contributed by atoms with Crippen LogP contribution in [0.15, 0.2) is 86.1 Å². The minimum atomic E-state index is -0.817. The van der Waals surface area contributed by atoms with Gasteiger partial charge in [-0.3, -0.25) is 9.36 Å². The highest BCUT2D eigenvalue weighted by Gasteiger charge is 2.32. The van der Waals surface area contributed by atoms with Gasteiger partial charge in [0.2, 0.25) is 0 Å². The Morgan fingerprint density at radius 2 is 1.95 bits per heavy atom. The third-order valence-electron chi connectivity index (χ3n) is 5.76. The summed E-state index contributed by atoms with van der Waals surface area (Å²) in [6.45, 7) is 1.62. The number of allylic oxidation sites excluding steroid dienone is 1. The second kappa shape index (κ2) is 9.98. The number of esters is 1. The van der Waals surface area contributed by atoms with E-state index in [0.717, 1.165) is 17.7 Å². The Labute approximate surface area is 213 Å². The summed E-state index contributed by atoms with van der Waals surface area (Å²) in [5, 5.41) is 0. The zero-order valence-electron chi connectivity index (χ0n) is 19.7. The number of methoxy groups -OCH3 is 1. The van der Waals surface area contributed by atoms with Gasteiger partial charge in [0.1, 0.15) is 23.9 Å². The van der Waals surface area contributed by atoms with Crippen molar-refractivity contribution in [3.05, 3.63) is 120 Å². The summed E-state index contributed by atoms with van der Waals surface area (Å²) in [5.41, 5.74) is 1.17. The second-order valence-electron chi connectivity index (χ2n) is 8.15. The van der Waals surface area contributed by atoms with Crippen molar-refractivity contribution in [3.8, 4) is 5.75 Å². The van der Waals surface area contributed by atoms with Crippen molar-refractivity contribution in [1.29, 1.82) is 0 Å². The van der Waals surface area contributed by atoms with Crippen LogP contribution in [0.2, 0.25) is 0 Å². The van der Waals surface area contributed by atoms with Gasteiger partial charge >= 0.3 is 5.97 Å². The molecule has 0 aliphatic carbocycles. The zero-order chi connectivity index (χ0) is 26.1. The largest absolute Gasteiger partial charge is 0.483 e. The van der Waals surface area contributed by atoms with Gasteiger partial charge in [-0.15, -0.1) is 0 Å². The summed E-state index contributed by atoms with van der Waals surface area (Å²) in [4.78, 5) is 31.1. The summed E-state index contributed by atoms with van der Waals surface area (Å²) in [7, 11) is 1.29. The fraction of sp³-hybridized carbons (Fsp3) is 0.148. The molecule has 2 aromatic heterocycles. The summed E-state index contributed by atoms with van der Waals surface area (Å²) in [5.74, 6) is -1.42. The van der Waals surface area contributed by atoms with Gasteiger partial charge in [-0.05, 0) is 36.8 Å². The van der Waals surface area contributed by atoms with Crippen LogP contribution in [0.4, 0.5) is 8.78 Å². The van der Waals surface area contributed by atoms with Gasteiger partial charge in [0.25, 0.3) is 5.56 Å². The van der Waals surface area contributed by atoms with Crippen LogP contribution in [0.1, 0.15) is 30.0 Å². The SMILES string of the molecule is COC(=O)C1=C(C)N=c2s/c(=C/c3ccc(COc4ccc(F)cc4F)o3)c(=O)n2C1c1ccccc1. The van der Waals surface area contributed by atoms with Crippen molar-refractivity contribution in [1.82, 2.24) is 4.57 Å². The minimum Gasteiger partial charge on any atom is -0.483 e. The summed E-state index contributed by atoms with van der Waals surface area (Å²) >= 11 is 1.17. The van der Waals surface area contributed by atoms with Crippen molar-refractivity contribution in [2.75, 3.05) is 7.11 Å². The van der Waals surface area contributed by atoms with E-state index in [1.165, 1.54) is 29.1 Å². The van der Waals surface area contributed by atoms with Gasteiger partial charge in [0.15, 0.2) is 16.4 Å². The second-order valence-corrected chi connectivity index (χ2v) is 9.16. The zero-order valence-corrected chi connectivity index (χ0v) is 20.6. The maximum Gasteiger partial charge on any atom is 0.338 e. The lowest BCUT2D eigenvalue weighted by atomic mass is 9.96. The number of nitrogens with zero attached hydrogens (tertiary/aromatic N) is 2. The van der Waals surface area contributed by atoms with Crippen molar-refractivity contribution in [3.63, 3.8) is 0 Å². The normalized spacial score (nSPS) is 15.4. The Morgan fingerprint density at radius 3 is 2.68 bits per heavy atom. The molecule has 1 aliphatic heterocycles. The molecule has 0 radical (unpaired) electrons. The number of furan rings is 1. The van der Waals surface area contributed by atoms with E-state index in [9.17, 15) is 18.4 Å². The van der Waals surface area contributed by atoms with Crippen LogP contribution in [0, 0.1) is 11.6 Å². The molecule has 188 valence electrons. The van der Waals surface area contributed by atoms with Gasteiger partial charge in [0, 0.05) is 12.1 Å². The van der Waals surface area contributed by atoms with Crippen molar-refractivity contribution >= 4 is 23.4 Å². The molecular weight excluding hydrogens is 502 g/mol. The fourth-order valence-electron chi connectivity index (χ4n) is 4.06. The lowest BCUT2D eigenvalue weighted by molar-refractivity contribution is -0.136. The predicted octanol–water partition coefficient (Wildman–Crippen LogP) is 3.86. The van der Waals surface area contributed by atoms with Crippen molar-refractivity contribution in [2.24, 2.45) is 4.99 Å². The van der Waals surface area contributed by atoms with Crippen molar-refractivity contribution < 1.29 is 27.5 Å². The van der Waals surface area contributed by atoms with E-state index >= 15 is 0 Å². The Morgan fingerprint density at radius 1 is 1.16 bits per heavy atom. The average Bonchev–Trinajstić information content (AvgIpc) is 3.46. The third kappa shape index (κ3) is 4.75. The molecule has 10 heteroatoms. The molecular formula is C27H20F2N2O5S. The monoisotopic (exact) mass is 522 g/mol. The average molecular weight is 523 g/mol. The predicted molar refractivity (Wildman–Crippen MR) is 132 cm³/mol. The molecule has 3 heterocycles. The van der Waals surface area contributed by atoms with Gasteiger partial charge in [0.05, 0.1) is 29.0 Å². The number of carbonyl (C=O) groups is 1. The Kier molecular flexibility index (Phi) is 6.58. The third-order valence-corrected chi connectivity index (χ3v) is 6.74. The van der Waals surface area contributed by atoms with Crippen LogP contribution in [-0.4, -0.2) is 17.6 Å². The van der Waals surface area contributed by atoms with E-state index in [1.54, 1.807) is 25.1 Å². The Balaban J connectivity index is 1.49. The topological polar surface area (TPSA) is 83.0 Å². The quantitative estimate of drug-likeness (QED) is 0.359. The molecule has 7 nitrogen and oxygen atoms in total. The van der Waals surface area contributed by atoms with Crippen LogP contribution in [0.5, 0.6) is 5.75 Å². The molecule has 0 amide bonds. The number of thiazole rings is 1. The van der Waals surface area contributed by atoms with Gasteiger partial charge in [-0.25, -0.2) is 18.6 Å². The number of hydrogen-bond acceptors (Lipinski definition) is 7. The standard InChI is InChI=1S/C27H20F2N2O5S/c1-15-23(26(33)34-2)24(16-6-4-3-5-7-16)31-25(32)22(37-27(31)30-15)13-18-9-10-19(36-18)14-35-21-11-8-17(28)12-20(21)29/h3-13,24H,14H2,1-2H3/b22-13+. The first-order valence-corrected chi connectivity index (χ1v) is 12.0. The van der Waals surface area contributed by atoms with Crippen molar-refractivity contribution in [2.45, 2.75) is 19.6 Å². The molecule has 37 heavy (non-hydrogen) atoms. The maximum absolute atomic E-state index is 13.8. The molecule has 0 N–H and O–H groups in total. The molecule has 2 aromatic carbocycles. The van der Waals surface area contributed by atoms with Crippen LogP contribution < -0.4 is 19.6 Å². The van der Waals surface area contributed by atoms with Crippen LogP contribution in [-0.2, 0) is 16.1 Å². The number of hydrogen-bond donors (Lipinski definition) is 0. The molecule has 1 unspecified atom stereocenters. The van der Waals surface area contributed by atoms with Gasteiger partial charge < -0.3 is 13.9 Å². The number of aromatic nitrogens is 1. The first kappa shape index (κ1) is 24.4. The van der Waals surface area contributed by atoms with Crippen LogP contribution >= 0.6 is 11.3 Å². The van der Waals surface area contributed by atoms with Gasteiger partial charge in [-0.2, -0.15) is 0 Å². The highest BCUT2D eigenvalue weighted by atomic mass is 32.1. The Bertz CT molecular complexity index is 1700. The minimum absolute atomic E-state index is 0.0899. The molecule has 4 aromatic rings. The molecule has 1 aliphatic rings. The number of ether oxygens (including phenoxy) is 2. The first-order valence-electron chi connectivity index (χ1n) is 11.2. The van der Waals surface area contributed by atoms with Crippen LogP contribution in [0.25, 0.3) is 6.08 Å². The van der Waals surface area contributed by atoms with E-state index < -0.39 is 23.6 Å². The molecule has 0 saturated heterocycles. The fourth-order valence-corrected chi connectivity index (χ4v) is 5.09. The maximum atomic E-state index is 13.8. The van der Waals surface area contributed by atoms with Crippen LogP contribution in [0.3, 0.4) is 0 Å². The summed E-state index contributed by atoms with van der Waals surface area (Å²) in [6.07, 6.45) is 1.57. The summed E-state index contributed by atoms with van der Waals surface area (Å²) < 4.78 is 44.8. The smallest absolute Gasteiger partial charge is 0.338 e. The number of halogens is 2. The summed E-state index contributed by atoms with van der Waals surface area (Å²) in [6, 6.07) is 14.8. The van der Waals surface area contributed by atoms with E-state index in [1.807, 2.05) is 30.3 Å². The van der Waals surface area contributed by atoms with E-state index in [0.29, 0.717) is 26.6 Å². The van der Waals surface area contributed by atoms with E-state index in [4.69, 9.17) is 13.9 Å². The van der Waals surface area contributed by atoms with E-state index in [2.05, 4.69) is 4.99 Å². The Hall–Kier alpha value is -4.31. The molecule has 5 rings (SSSR count).